The molecule has 0 saturated carbocycles. The van der Waals surface area contributed by atoms with Gasteiger partial charge in [0.2, 0.25) is 11.8 Å². The minimum absolute atomic E-state index is 0.0144. The van der Waals surface area contributed by atoms with E-state index >= 15 is 0 Å². The van der Waals surface area contributed by atoms with Crippen molar-refractivity contribution in [3.05, 3.63) is 35.9 Å². The molecule has 1 aliphatic heterocycles. The first-order valence-corrected chi connectivity index (χ1v) is 7.85. The summed E-state index contributed by atoms with van der Waals surface area (Å²) in [7, 11) is 0. The van der Waals surface area contributed by atoms with Crippen molar-refractivity contribution in [2.75, 3.05) is 26.2 Å². The summed E-state index contributed by atoms with van der Waals surface area (Å²) in [4.78, 5) is 36.7. The summed E-state index contributed by atoms with van der Waals surface area (Å²) in [5.74, 6) is -0.471. The SMILES string of the molecule is CCOC(=O)CCNC(=O)CN1C[C@H](c2ccccc2)CC1=O. The van der Waals surface area contributed by atoms with Gasteiger partial charge in [0.05, 0.1) is 19.6 Å². The van der Waals surface area contributed by atoms with Gasteiger partial charge in [-0.05, 0) is 12.5 Å². The molecule has 0 bridgehead atoms. The van der Waals surface area contributed by atoms with Crippen LogP contribution in [0, 0.1) is 0 Å². The molecule has 1 fully saturated rings. The largest absolute Gasteiger partial charge is 0.466 e. The zero-order valence-corrected chi connectivity index (χ0v) is 13.3. The van der Waals surface area contributed by atoms with Crippen molar-refractivity contribution in [3.8, 4) is 0 Å². The van der Waals surface area contributed by atoms with Gasteiger partial charge in [0.1, 0.15) is 0 Å². The normalized spacial score (nSPS) is 17.2. The molecule has 1 atom stereocenters. The molecule has 1 N–H and O–H groups in total. The quantitative estimate of drug-likeness (QED) is 0.763. The highest BCUT2D eigenvalue weighted by Crippen LogP contribution is 2.27. The lowest BCUT2D eigenvalue weighted by Gasteiger charge is -2.16. The van der Waals surface area contributed by atoms with Gasteiger partial charge in [0.15, 0.2) is 0 Å². The van der Waals surface area contributed by atoms with E-state index in [1.165, 1.54) is 0 Å². The molecule has 2 amide bonds. The Balaban J connectivity index is 1.76. The molecule has 23 heavy (non-hydrogen) atoms. The number of carbonyl (C=O) groups excluding carboxylic acids is 3. The fraction of sp³-hybridized carbons (Fsp3) is 0.471. The molecule has 1 aliphatic rings. The van der Waals surface area contributed by atoms with Crippen molar-refractivity contribution < 1.29 is 19.1 Å². The minimum atomic E-state index is -0.339. The molecule has 0 aliphatic carbocycles. The molecular formula is C17H22N2O4. The maximum Gasteiger partial charge on any atom is 0.307 e. The molecule has 1 heterocycles. The van der Waals surface area contributed by atoms with Crippen molar-refractivity contribution in [1.82, 2.24) is 10.2 Å². The average molecular weight is 318 g/mol. The van der Waals surface area contributed by atoms with Gasteiger partial charge in [0, 0.05) is 25.4 Å². The Morgan fingerprint density at radius 2 is 2.04 bits per heavy atom. The first-order valence-electron chi connectivity index (χ1n) is 7.85. The third kappa shape index (κ3) is 5.09. The molecule has 0 spiro atoms. The zero-order valence-electron chi connectivity index (χ0n) is 13.3. The van der Waals surface area contributed by atoms with Crippen molar-refractivity contribution in [2.24, 2.45) is 0 Å². The number of carbonyl (C=O) groups is 3. The van der Waals surface area contributed by atoms with Crippen molar-refractivity contribution in [1.29, 1.82) is 0 Å². The molecule has 124 valence electrons. The summed E-state index contributed by atoms with van der Waals surface area (Å²) < 4.78 is 4.78. The number of amides is 2. The summed E-state index contributed by atoms with van der Waals surface area (Å²) in [5.41, 5.74) is 1.12. The summed E-state index contributed by atoms with van der Waals surface area (Å²) in [6, 6.07) is 9.84. The molecule has 0 aromatic heterocycles. The number of benzene rings is 1. The van der Waals surface area contributed by atoms with E-state index in [4.69, 9.17) is 4.74 Å². The van der Waals surface area contributed by atoms with Crippen LogP contribution < -0.4 is 5.32 Å². The zero-order chi connectivity index (χ0) is 16.7. The number of ether oxygens (including phenoxy) is 1. The molecule has 1 aromatic carbocycles. The lowest BCUT2D eigenvalue weighted by molar-refractivity contribution is -0.143. The highest BCUT2D eigenvalue weighted by molar-refractivity contribution is 5.86. The second-order valence-electron chi connectivity index (χ2n) is 5.49. The molecule has 2 rings (SSSR count). The van der Waals surface area contributed by atoms with E-state index in [-0.39, 0.29) is 43.2 Å². The molecule has 0 radical (unpaired) electrons. The van der Waals surface area contributed by atoms with Crippen LogP contribution in [0.25, 0.3) is 0 Å². The van der Waals surface area contributed by atoms with E-state index in [2.05, 4.69) is 5.32 Å². The molecule has 1 saturated heterocycles. The van der Waals surface area contributed by atoms with Crippen LogP contribution in [0.15, 0.2) is 30.3 Å². The highest BCUT2D eigenvalue weighted by Gasteiger charge is 2.31. The predicted octanol–water partition coefficient (Wildman–Crippen LogP) is 1.07. The Hall–Kier alpha value is -2.37. The average Bonchev–Trinajstić information content (AvgIpc) is 2.89. The van der Waals surface area contributed by atoms with Gasteiger partial charge in [-0.1, -0.05) is 30.3 Å². The van der Waals surface area contributed by atoms with Gasteiger partial charge >= 0.3 is 5.97 Å². The first-order chi connectivity index (χ1) is 11.1. The smallest absolute Gasteiger partial charge is 0.307 e. The van der Waals surface area contributed by atoms with E-state index in [0.717, 1.165) is 5.56 Å². The Kier molecular flexibility index (Phi) is 6.14. The molecular weight excluding hydrogens is 296 g/mol. The second kappa shape index (κ2) is 8.31. The molecule has 1 aromatic rings. The van der Waals surface area contributed by atoms with Gasteiger partial charge in [-0.25, -0.2) is 0 Å². The topological polar surface area (TPSA) is 75.7 Å². The molecule has 6 nitrogen and oxygen atoms in total. The maximum atomic E-state index is 12.0. The van der Waals surface area contributed by atoms with Crippen LogP contribution in [0.5, 0.6) is 0 Å². The summed E-state index contributed by atoms with van der Waals surface area (Å²) in [5, 5.41) is 2.64. The number of esters is 1. The van der Waals surface area contributed by atoms with Gasteiger partial charge < -0.3 is 15.0 Å². The highest BCUT2D eigenvalue weighted by atomic mass is 16.5. The van der Waals surface area contributed by atoms with Crippen LogP contribution in [0.1, 0.15) is 31.2 Å². The number of nitrogens with one attached hydrogen (secondary N) is 1. The van der Waals surface area contributed by atoms with Crippen LogP contribution >= 0.6 is 0 Å². The monoisotopic (exact) mass is 318 g/mol. The standard InChI is InChI=1S/C17H22N2O4/c1-2-23-17(22)8-9-18-15(20)12-19-11-14(10-16(19)21)13-6-4-3-5-7-13/h3-7,14H,2,8-12H2,1H3,(H,18,20)/t14-/m1/s1. The number of rotatable bonds is 7. The number of hydrogen-bond donors (Lipinski definition) is 1. The third-order valence-electron chi connectivity index (χ3n) is 3.78. The van der Waals surface area contributed by atoms with E-state index in [1.54, 1.807) is 11.8 Å². The van der Waals surface area contributed by atoms with Gasteiger partial charge in [-0.3, -0.25) is 14.4 Å². The Bertz CT molecular complexity index is 559. The van der Waals surface area contributed by atoms with Gasteiger partial charge in [-0.2, -0.15) is 0 Å². The fourth-order valence-corrected chi connectivity index (χ4v) is 2.64. The summed E-state index contributed by atoms with van der Waals surface area (Å²) in [6.07, 6.45) is 0.570. The van der Waals surface area contributed by atoms with Crippen molar-refractivity contribution in [3.63, 3.8) is 0 Å². The second-order valence-corrected chi connectivity index (χ2v) is 5.49. The van der Waals surface area contributed by atoms with Gasteiger partial charge in [-0.15, -0.1) is 0 Å². The molecule has 0 unspecified atom stereocenters. The van der Waals surface area contributed by atoms with Crippen LogP contribution in [-0.2, 0) is 19.1 Å². The van der Waals surface area contributed by atoms with E-state index in [9.17, 15) is 14.4 Å². The van der Waals surface area contributed by atoms with Crippen LogP contribution in [0.2, 0.25) is 0 Å². The number of hydrogen-bond acceptors (Lipinski definition) is 4. The Morgan fingerprint density at radius 3 is 2.74 bits per heavy atom. The van der Waals surface area contributed by atoms with E-state index in [1.807, 2.05) is 30.3 Å². The van der Waals surface area contributed by atoms with Crippen LogP contribution in [0.3, 0.4) is 0 Å². The predicted molar refractivity (Wildman–Crippen MR) is 84.6 cm³/mol. The maximum absolute atomic E-state index is 12.0. The lowest BCUT2D eigenvalue weighted by atomic mass is 9.99. The first kappa shape index (κ1) is 17.0. The summed E-state index contributed by atoms with van der Waals surface area (Å²) in [6.45, 7) is 2.87. The van der Waals surface area contributed by atoms with Crippen molar-refractivity contribution in [2.45, 2.75) is 25.7 Å². The fourth-order valence-electron chi connectivity index (χ4n) is 2.64. The minimum Gasteiger partial charge on any atom is -0.466 e. The van der Waals surface area contributed by atoms with E-state index < -0.39 is 0 Å². The van der Waals surface area contributed by atoms with E-state index in [0.29, 0.717) is 19.6 Å². The molecule has 6 heteroatoms. The van der Waals surface area contributed by atoms with Crippen molar-refractivity contribution >= 4 is 17.8 Å². The number of nitrogens with zero attached hydrogens (tertiary/aromatic N) is 1. The van der Waals surface area contributed by atoms with Crippen LogP contribution in [0.4, 0.5) is 0 Å². The number of likely N-dealkylation sites (tertiary alicyclic amines) is 1. The third-order valence-corrected chi connectivity index (χ3v) is 3.78. The lowest BCUT2D eigenvalue weighted by Crippen LogP contribution is -2.38. The Labute approximate surface area is 135 Å². The van der Waals surface area contributed by atoms with Crippen LogP contribution in [-0.4, -0.2) is 48.9 Å². The Morgan fingerprint density at radius 1 is 1.30 bits per heavy atom. The summed E-state index contributed by atoms with van der Waals surface area (Å²) >= 11 is 0. The van der Waals surface area contributed by atoms with Gasteiger partial charge in [0.25, 0.3) is 0 Å².